The Morgan fingerprint density at radius 1 is 1.19 bits per heavy atom. The molecule has 1 aromatic rings. The monoisotopic (exact) mass is 378 g/mol. The van der Waals surface area contributed by atoms with E-state index < -0.39 is 0 Å². The summed E-state index contributed by atoms with van der Waals surface area (Å²) in [6.07, 6.45) is 2.98. The van der Waals surface area contributed by atoms with E-state index in [4.69, 9.17) is 18.9 Å². The maximum absolute atomic E-state index is 12.7. The van der Waals surface area contributed by atoms with Crippen molar-refractivity contribution in [1.82, 2.24) is 4.90 Å². The van der Waals surface area contributed by atoms with Gasteiger partial charge in [-0.1, -0.05) is 6.42 Å². The third-order valence-electron chi connectivity index (χ3n) is 4.81. The molecule has 2 aliphatic heterocycles. The first-order valence-electron chi connectivity index (χ1n) is 9.88. The molecule has 0 bridgehead atoms. The van der Waals surface area contributed by atoms with Crippen LogP contribution in [0.1, 0.15) is 33.1 Å². The second kappa shape index (κ2) is 9.92. The van der Waals surface area contributed by atoms with E-state index in [0.717, 1.165) is 25.8 Å². The van der Waals surface area contributed by atoms with Gasteiger partial charge in [0.15, 0.2) is 6.29 Å². The van der Waals surface area contributed by atoms with Crippen LogP contribution in [-0.2, 0) is 14.3 Å². The molecule has 0 aromatic heterocycles. The highest BCUT2D eigenvalue weighted by Crippen LogP contribution is 2.30. The highest BCUT2D eigenvalue weighted by atomic mass is 16.7. The van der Waals surface area contributed by atoms with Crippen LogP contribution in [0, 0.1) is 0 Å². The maximum Gasteiger partial charge on any atom is 0.238 e. The molecule has 1 aromatic carbocycles. The fraction of sp³-hybridized carbons (Fsp3) is 0.650. The number of ether oxygens (including phenoxy) is 4. The van der Waals surface area contributed by atoms with E-state index in [1.807, 2.05) is 32.0 Å². The predicted molar refractivity (Wildman–Crippen MR) is 102 cm³/mol. The lowest BCUT2D eigenvalue weighted by Crippen LogP contribution is -2.50. The van der Waals surface area contributed by atoms with Gasteiger partial charge in [-0.15, -0.1) is 0 Å². The molecule has 2 fully saturated rings. The SMILES string of the molecule is CCOc1ccc(OCC)c(NC(=O)CN2CCCCC2C2OCCO2)c1. The Labute approximate surface area is 160 Å². The number of benzene rings is 1. The van der Waals surface area contributed by atoms with Crippen molar-refractivity contribution in [2.24, 2.45) is 0 Å². The number of hydrogen-bond acceptors (Lipinski definition) is 6. The topological polar surface area (TPSA) is 69.3 Å². The molecule has 0 aliphatic carbocycles. The molecule has 2 heterocycles. The standard InChI is InChI=1S/C20H30N2O5/c1-3-24-15-8-9-18(25-4-2)16(13-15)21-19(23)14-22-10-6-5-7-17(22)20-26-11-12-27-20/h8-9,13,17,20H,3-7,10-12,14H2,1-2H3,(H,21,23). The molecule has 7 nitrogen and oxygen atoms in total. The predicted octanol–water partition coefficient (Wildman–Crippen LogP) is 2.65. The minimum Gasteiger partial charge on any atom is -0.494 e. The molecule has 150 valence electrons. The molecule has 1 atom stereocenters. The summed E-state index contributed by atoms with van der Waals surface area (Å²) in [5.74, 6) is 1.28. The first kappa shape index (κ1) is 19.9. The lowest BCUT2D eigenvalue weighted by Gasteiger charge is -2.37. The third-order valence-corrected chi connectivity index (χ3v) is 4.81. The largest absolute Gasteiger partial charge is 0.494 e. The number of carbonyl (C=O) groups is 1. The molecule has 2 saturated heterocycles. The number of nitrogens with one attached hydrogen (secondary N) is 1. The summed E-state index contributed by atoms with van der Waals surface area (Å²) >= 11 is 0. The van der Waals surface area contributed by atoms with Crippen LogP contribution >= 0.6 is 0 Å². The molecule has 0 spiro atoms. The van der Waals surface area contributed by atoms with E-state index in [1.165, 1.54) is 0 Å². The normalized spacial score (nSPS) is 21.2. The molecule has 0 saturated carbocycles. The zero-order valence-corrected chi connectivity index (χ0v) is 16.2. The van der Waals surface area contributed by atoms with Gasteiger partial charge in [0.25, 0.3) is 0 Å². The van der Waals surface area contributed by atoms with Gasteiger partial charge in [0.1, 0.15) is 11.5 Å². The molecule has 7 heteroatoms. The summed E-state index contributed by atoms with van der Waals surface area (Å²) in [7, 11) is 0. The van der Waals surface area contributed by atoms with Gasteiger partial charge in [-0.3, -0.25) is 9.69 Å². The van der Waals surface area contributed by atoms with Crippen LogP contribution in [0.5, 0.6) is 11.5 Å². The minimum absolute atomic E-state index is 0.0745. The number of piperidine rings is 1. The molecular weight excluding hydrogens is 348 g/mol. The quantitative estimate of drug-likeness (QED) is 0.750. The van der Waals surface area contributed by atoms with Gasteiger partial charge in [0.2, 0.25) is 5.91 Å². The Morgan fingerprint density at radius 2 is 1.96 bits per heavy atom. The second-order valence-corrected chi connectivity index (χ2v) is 6.72. The number of anilines is 1. The molecule has 1 amide bonds. The van der Waals surface area contributed by atoms with Crippen LogP contribution in [0.2, 0.25) is 0 Å². The van der Waals surface area contributed by atoms with Crippen LogP contribution in [-0.4, -0.2) is 62.7 Å². The summed E-state index contributed by atoms with van der Waals surface area (Å²) in [5.41, 5.74) is 0.634. The third kappa shape index (κ3) is 5.34. The summed E-state index contributed by atoms with van der Waals surface area (Å²) in [4.78, 5) is 14.9. The Hall–Kier alpha value is -1.83. The van der Waals surface area contributed by atoms with Crippen molar-refractivity contribution in [3.8, 4) is 11.5 Å². The zero-order valence-electron chi connectivity index (χ0n) is 16.2. The zero-order chi connectivity index (χ0) is 19.1. The van der Waals surface area contributed by atoms with E-state index in [1.54, 1.807) is 0 Å². The second-order valence-electron chi connectivity index (χ2n) is 6.72. The average molecular weight is 378 g/mol. The smallest absolute Gasteiger partial charge is 0.238 e. The number of carbonyl (C=O) groups excluding carboxylic acids is 1. The average Bonchev–Trinajstić information content (AvgIpc) is 3.19. The highest BCUT2D eigenvalue weighted by molar-refractivity contribution is 5.94. The summed E-state index contributed by atoms with van der Waals surface area (Å²) < 4.78 is 22.6. The minimum atomic E-state index is -0.224. The number of rotatable bonds is 8. The van der Waals surface area contributed by atoms with Gasteiger partial charge in [-0.05, 0) is 45.4 Å². The molecule has 0 radical (unpaired) electrons. The van der Waals surface area contributed by atoms with Gasteiger partial charge in [-0.25, -0.2) is 0 Å². The Balaban J connectivity index is 1.65. The lowest BCUT2D eigenvalue weighted by molar-refractivity contribution is -0.127. The van der Waals surface area contributed by atoms with Crippen LogP contribution in [0.3, 0.4) is 0 Å². The summed E-state index contributed by atoms with van der Waals surface area (Å²) in [6.45, 7) is 7.38. The first-order valence-corrected chi connectivity index (χ1v) is 9.88. The van der Waals surface area contributed by atoms with Crippen molar-refractivity contribution >= 4 is 11.6 Å². The number of likely N-dealkylation sites (tertiary alicyclic amines) is 1. The molecule has 3 rings (SSSR count). The summed E-state index contributed by atoms with van der Waals surface area (Å²) in [5, 5.41) is 2.99. The molecule has 2 aliphatic rings. The van der Waals surface area contributed by atoms with Crippen molar-refractivity contribution < 1.29 is 23.7 Å². The molecular formula is C20H30N2O5. The Kier molecular flexibility index (Phi) is 7.32. The van der Waals surface area contributed by atoms with Gasteiger partial charge in [0.05, 0.1) is 44.7 Å². The number of nitrogens with zero attached hydrogens (tertiary/aromatic N) is 1. The number of hydrogen-bond donors (Lipinski definition) is 1. The molecule has 1 unspecified atom stereocenters. The van der Waals surface area contributed by atoms with Crippen LogP contribution in [0.15, 0.2) is 18.2 Å². The van der Waals surface area contributed by atoms with E-state index in [0.29, 0.717) is 50.2 Å². The highest BCUT2D eigenvalue weighted by Gasteiger charge is 2.34. The van der Waals surface area contributed by atoms with E-state index in [-0.39, 0.29) is 18.2 Å². The van der Waals surface area contributed by atoms with Gasteiger partial charge < -0.3 is 24.3 Å². The first-order chi connectivity index (χ1) is 13.2. The fourth-order valence-electron chi connectivity index (χ4n) is 3.64. The van der Waals surface area contributed by atoms with Gasteiger partial charge in [-0.2, -0.15) is 0 Å². The van der Waals surface area contributed by atoms with E-state index in [2.05, 4.69) is 10.2 Å². The van der Waals surface area contributed by atoms with Crippen molar-refractivity contribution in [2.75, 3.05) is 44.8 Å². The van der Waals surface area contributed by atoms with Crippen molar-refractivity contribution in [2.45, 2.75) is 45.4 Å². The Bertz CT molecular complexity index is 618. The fourth-order valence-corrected chi connectivity index (χ4v) is 3.64. The van der Waals surface area contributed by atoms with Crippen LogP contribution < -0.4 is 14.8 Å². The van der Waals surface area contributed by atoms with Gasteiger partial charge >= 0.3 is 0 Å². The van der Waals surface area contributed by atoms with Crippen LogP contribution in [0.25, 0.3) is 0 Å². The van der Waals surface area contributed by atoms with Crippen molar-refractivity contribution in [1.29, 1.82) is 0 Å². The van der Waals surface area contributed by atoms with E-state index >= 15 is 0 Å². The Morgan fingerprint density at radius 3 is 2.70 bits per heavy atom. The van der Waals surface area contributed by atoms with E-state index in [9.17, 15) is 4.79 Å². The number of amides is 1. The molecule has 27 heavy (non-hydrogen) atoms. The maximum atomic E-state index is 12.7. The van der Waals surface area contributed by atoms with Crippen molar-refractivity contribution in [3.05, 3.63) is 18.2 Å². The lowest BCUT2D eigenvalue weighted by atomic mass is 10.0. The summed E-state index contributed by atoms with van der Waals surface area (Å²) in [6, 6.07) is 5.62. The molecule has 1 N–H and O–H groups in total. The van der Waals surface area contributed by atoms with Crippen molar-refractivity contribution in [3.63, 3.8) is 0 Å². The van der Waals surface area contributed by atoms with Crippen LogP contribution in [0.4, 0.5) is 5.69 Å². The van der Waals surface area contributed by atoms with Gasteiger partial charge in [0, 0.05) is 6.07 Å².